The van der Waals surface area contributed by atoms with Crippen LogP contribution in [0.3, 0.4) is 0 Å². The topological polar surface area (TPSA) is 64.3 Å². The fourth-order valence-electron chi connectivity index (χ4n) is 2.02. The van der Waals surface area contributed by atoms with Crippen molar-refractivity contribution in [3.63, 3.8) is 0 Å². The van der Waals surface area contributed by atoms with Crippen LogP contribution in [0.4, 0.5) is 5.69 Å². The number of halogens is 1. The Balaban J connectivity index is 2.15. The Hall–Kier alpha value is -1.07. The molecule has 0 atom stereocenters. The van der Waals surface area contributed by atoms with Crippen molar-refractivity contribution in [3.8, 4) is 5.75 Å². The van der Waals surface area contributed by atoms with Gasteiger partial charge in [-0.2, -0.15) is 11.8 Å². The number of methoxy groups -OCH3 is 1. The first-order chi connectivity index (χ1) is 9.11. The molecule has 2 rings (SSSR count). The lowest BCUT2D eigenvalue weighted by molar-refractivity contribution is 0.0932. The number of amides is 1. The molecule has 6 heteroatoms. The fraction of sp³-hybridized carbons (Fsp3) is 0.462. The second-order valence-electron chi connectivity index (χ2n) is 4.43. The van der Waals surface area contributed by atoms with Gasteiger partial charge >= 0.3 is 0 Å². The number of nitrogens with one attached hydrogen (secondary N) is 1. The maximum atomic E-state index is 12.3. The number of thioether (sulfide) groups is 1. The normalized spacial score (nSPS) is 16.1. The third-order valence-electron chi connectivity index (χ3n) is 3.12. The lowest BCUT2D eigenvalue weighted by Gasteiger charge is -2.23. The molecule has 4 nitrogen and oxygen atoms in total. The molecule has 1 heterocycles. The summed E-state index contributed by atoms with van der Waals surface area (Å²) in [6.45, 7) is 0. The van der Waals surface area contributed by atoms with Gasteiger partial charge in [-0.25, -0.2) is 0 Å². The van der Waals surface area contributed by atoms with Gasteiger partial charge in [0, 0.05) is 12.1 Å². The molecule has 0 spiro atoms. The van der Waals surface area contributed by atoms with E-state index in [4.69, 9.17) is 22.1 Å². The summed E-state index contributed by atoms with van der Waals surface area (Å²) in [5.74, 6) is 2.47. The number of anilines is 1. The predicted octanol–water partition coefficient (Wildman–Crippen LogP) is 2.56. The summed E-state index contributed by atoms with van der Waals surface area (Å²) in [6, 6.07) is 3.37. The minimum atomic E-state index is -0.157. The smallest absolute Gasteiger partial charge is 0.255 e. The second-order valence-corrected chi connectivity index (χ2v) is 6.07. The van der Waals surface area contributed by atoms with Gasteiger partial charge in [0.25, 0.3) is 5.91 Å². The van der Waals surface area contributed by atoms with Crippen molar-refractivity contribution < 1.29 is 9.53 Å². The number of ether oxygens (including phenoxy) is 1. The van der Waals surface area contributed by atoms with Gasteiger partial charge in [-0.3, -0.25) is 4.79 Å². The van der Waals surface area contributed by atoms with Gasteiger partial charge in [0.05, 0.1) is 23.4 Å². The number of nitrogens with two attached hydrogens (primary N) is 1. The molecule has 3 N–H and O–H groups in total. The molecule has 0 bridgehead atoms. The van der Waals surface area contributed by atoms with Crippen molar-refractivity contribution in [1.29, 1.82) is 0 Å². The minimum Gasteiger partial charge on any atom is -0.496 e. The van der Waals surface area contributed by atoms with Crippen molar-refractivity contribution >= 4 is 35.0 Å². The fourth-order valence-corrected chi connectivity index (χ4v) is 3.29. The maximum absolute atomic E-state index is 12.3. The van der Waals surface area contributed by atoms with E-state index >= 15 is 0 Å². The molecule has 1 fully saturated rings. The average Bonchev–Trinajstić information content (AvgIpc) is 2.42. The summed E-state index contributed by atoms with van der Waals surface area (Å²) in [5, 5.41) is 3.39. The van der Waals surface area contributed by atoms with Crippen LogP contribution in [0.5, 0.6) is 5.75 Å². The number of nitrogen functional groups attached to an aromatic ring is 1. The van der Waals surface area contributed by atoms with Crippen LogP contribution < -0.4 is 15.8 Å². The Morgan fingerprint density at radius 1 is 1.47 bits per heavy atom. The van der Waals surface area contributed by atoms with Gasteiger partial charge in [0.15, 0.2) is 0 Å². The predicted molar refractivity (Wildman–Crippen MR) is 80.2 cm³/mol. The minimum absolute atomic E-state index is 0.157. The van der Waals surface area contributed by atoms with Crippen molar-refractivity contribution in [2.24, 2.45) is 0 Å². The van der Waals surface area contributed by atoms with E-state index in [2.05, 4.69) is 5.32 Å². The van der Waals surface area contributed by atoms with Crippen molar-refractivity contribution in [1.82, 2.24) is 5.32 Å². The van der Waals surface area contributed by atoms with Crippen LogP contribution in [0.15, 0.2) is 12.1 Å². The number of rotatable bonds is 3. The van der Waals surface area contributed by atoms with Gasteiger partial charge in [-0.15, -0.1) is 0 Å². The first kappa shape index (κ1) is 14.3. The third-order valence-corrected chi connectivity index (χ3v) is 4.50. The Kier molecular flexibility index (Phi) is 4.82. The van der Waals surface area contributed by atoms with Crippen LogP contribution in [0.25, 0.3) is 0 Å². The summed E-state index contributed by atoms with van der Waals surface area (Å²) < 4.78 is 5.19. The van der Waals surface area contributed by atoms with E-state index in [-0.39, 0.29) is 11.9 Å². The van der Waals surface area contributed by atoms with Crippen LogP contribution in [-0.2, 0) is 0 Å². The highest BCUT2D eigenvalue weighted by atomic mass is 35.5. The largest absolute Gasteiger partial charge is 0.496 e. The molecule has 1 aliphatic rings. The summed E-state index contributed by atoms with van der Waals surface area (Å²) in [7, 11) is 1.51. The Labute approximate surface area is 122 Å². The molecule has 1 aromatic rings. The van der Waals surface area contributed by atoms with Crippen molar-refractivity contribution in [2.45, 2.75) is 18.9 Å². The standard InChI is InChI=1S/C13H17ClN2O2S/c1-18-12-7-11(15)10(14)6-9(12)13(17)16-8-2-4-19-5-3-8/h6-8H,2-5,15H2,1H3,(H,16,17). The second kappa shape index (κ2) is 6.39. The van der Waals surface area contributed by atoms with Gasteiger partial charge in [0.1, 0.15) is 5.75 Å². The number of hydrogen-bond donors (Lipinski definition) is 2. The number of benzene rings is 1. The highest BCUT2D eigenvalue weighted by Gasteiger charge is 2.20. The average molecular weight is 301 g/mol. The van der Waals surface area contributed by atoms with Crippen LogP contribution in [0.2, 0.25) is 5.02 Å². The molecule has 0 unspecified atom stereocenters. The molecule has 1 amide bonds. The molecule has 1 aliphatic heterocycles. The number of carbonyl (C=O) groups excluding carboxylic acids is 1. The summed E-state index contributed by atoms with van der Waals surface area (Å²) >= 11 is 7.89. The van der Waals surface area contributed by atoms with Gasteiger partial charge in [-0.05, 0) is 30.4 Å². The molecular formula is C13H17ClN2O2S. The molecule has 104 valence electrons. The zero-order chi connectivity index (χ0) is 13.8. The van der Waals surface area contributed by atoms with E-state index in [1.54, 1.807) is 12.1 Å². The zero-order valence-electron chi connectivity index (χ0n) is 10.7. The zero-order valence-corrected chi connectivity index (χ0v) is 12.3. The van der Waals surface area contributed by atoms with Crippen LogP contribution in [0.1, 0.15) is 23.2 Å². The quantitative estimate of drug-likeness (QED) is 0.842. The highest BCUT2D eigenvalue weighted by molar-refractivity contribution is 7.99. The van der Waals surface area contributed by atoms with Crippen LogP contribution in [-0.4, -0.2) is 30.6 Å². The summed E-state index contributed by atoms with van der Waals surface area (Å²) in [5.41, 5.74) is 6.54. The van der Waals surface area contributed by atoms with E-state index in [1.165, 1.54) is 7.11 Å². The molecule has 0 aliphatic carbocycles. The van der Waals surface area contributed by atoms with Crippen LogP contribution >= 0.6 is 23.4 Å². The summed E-state index contributed by atoms with van der Waals surface area (Å²) in [6.07, 6.45) is 2.00. The number of hydrogen-bond acceptors (Lipinski definition) is 4. The molecule has 0 aromatic heterocycles. The van der Waals surface area contributed by atoms with E-state index in [1.807, 2.05) is 11.8 Å². The summed E-state index contributed by atoms with van der Waals surface area (Å²) in [4.78, 5) is 12.3. The molecule has 1 saturated heterocycles. The third kappa shape index (κ3) is 3.48. The van der Waals surface area contributed by atoms with E-state index in [9.17, 15) is 4.79 Å². The van der Waals surface area contributed by atoms with Crippen LogP contribution in [0, 0.1) is 0 Å². The van der Waals surface area contributed by atoms with Gasteiger partial charge in [-0.1, -0.05) is 11.6 Å². The SMILES string of the molecule is COc1cc(N)c(Cl)cc1C(=O)NC1CCSCC1. The Morgan fingerprint density at radius 3 is 2.79 bits per heavy atom. The lowest BCUT2D eigenvalue weighted by atomic mass is 10.1. The first-order valence-corrected chi connectivity index (χ1v) is 7.66. The molecule has 0 radical (unpaired) electrons. The number of carbonyl (C=O) groups is 1. The van der Waals surface area contributed by atoms with E-state index in [0.29, 0.717) is 22.0 Å². The maximum Gasteiger partial charge on any atom is 0.255 e. The molecule has 19 heavy (non-hydrogen) atoms. The van der Waals surface area contributed by atoms with E-state index in [0.717, 1.165) is 24.3 Å². The highest BCUT2D eigenvalue weighted by Crippen LogP contribution is 2.29. The Morgan fingerprint density at radius 2 is 2.16 bits per heavy atom. The van der Waals surface area contributed by atoms with Gasteiger partial charge in [0.2, 0.25) is 0 Å². The van der Waals surface area contributed by atoms with Crippen molar-refractivity contribution in [2.75, 3.05) is 24.3 Å². The van der Waals surface area contributed by atoms with Crippen molar-refractivity contribution in [3.05, 3.63) is 22.7 Å². The lowest BCUT2D eigenvalue weighted by Crippen LogP contribution is -2.37. The first-order valence-electron chi connectivity index (χ1n) is 6.13. The Bertz CT molecular complexity index is 476. The molecular weight excluding hydrogens is 284 g/mol. The molecule has 1 aromatic carbocycles. The monoisotopic (exact) mass is 300 g/mol. The van der Waals surface area contributed by atoms with E-state index < -0.39 is 0 Å². The van der Waals surface area contributed by atoms with Gasteiger partial charge < -0.3 is 15.8 Å². The molecule has 0 saturated carbocycles.